The predicted molar refractivity (Wildman–Crippen MR) is 72.6 cm³/mol. The van der Waals surface area contributed by atoms with Crippen molar-refractivity contribution >= 4 is 17.5 Å². The number of hydrogen-bond donors (Lipinski definition) is 1. The minimum absolute atomic E-state index is 0.221. The lowest BCUT2D eigenvalue weighted by atomic mass is 10.3. The van der Waals surface area contributed by atoms with Crippen LogP contribution < -0.4 is 11.0 Å². The Morgan fingerprint density at radius 2 is 2.11 bits per heavy atom. The van der Waals surface area contributed by atoms with Gasteiger partial charge < -0.3 is 5.32 Å². The largest absolute Gasteiger partial charge is 0.354 e. The van der Waals surface area contributed by atoms with Crippen LogP contribution in [-0.2, 0) is 7.05 Å². The summed E-state index contributed by atoms with van der Waals surface area (Å²) in [6.07, 6.45) is 0.952. The van der Waals surface area contributed by atoms with Crippen LogP contribution >= 0.6 is 11.6 Å². The summed E-state index contributed by atoms with van der Waals surface area (Å²) in [4.78, 5) is 12.1. The Kier molecular flexibility index (Phi) is 3.72. The van der Waals surface area contributed by atoms with E-state index < -0.39 is 0 Å². The Hall–Kier alpha value is -1.75. The van der Waals surface area contributed by atoms with Gasteiger partial charge in [-0.25, -0.2) is 14.0 Å². The molecule has 0 spiro atoms. The Balaban J connectivity index is 2.56. The summed E-state index contributed by atoms with van der Waals surface area (Å²) in [5.74, 6) is 0.512. The third-order valence-electron chi connectivity index (χ3n) is 2.55. The SMILES string of the molecule is CCCNc1nn(C)c(=O)n1-c1ccccc1Cl. The van der Waals surface area contributed by atoms with Gasteiger partial charge in [0.15, 0.2) is 0 Å². The molecule has 0 amide bonds. The highest BCUT2D eigenvalue weighted by atomic mass is 35.5. The molecule has 0 atom stereocenters. The molecule has 6 heteroatoms. The summed E-state index contributed by atoms with van der Waals surface area (Å²) in [5.41, 5.74) is 0.414. The van der Waals surface area contributed by atoms with Crippen molar-refractivity contribution in [1.82, 2.24) is 14.3 Å². The first-order valence-electron chi connectivity index (χ1n) is 5.80. The van der Waals surface area contributed by atoms with E-state index in [1.165, 1.54) is 9.25 Å². The fraction of sp³-hybridized carbons (Fsp3) is 0.333. The smallest absolute Gasteiger partial charge is 0.351 e. The van der Waals surface area contributed by atoms with Gasteiger partial charge in [-0.1, -0.05) is 30.7 Å². The molecule has 0 aliphatic rings. The highest BCUT2D eigenvalue weighted by Crippen LogP contribution is 2.20. The standard InChI is InChI=1S/C12H15ClN4O/c1-3-8-14-11-15-16(2)12(18)17(11)10-7-5-4-6-9(10)13/h4-7H,3,8H2,1-2H3,(H,14,15). The average Bonchev–Trinajstić information content (AvgIpc) is 2.64. The van der Waals surface area contributed by atoms with Crippen molar-refractivity contribution in [2.24, 2.45) is 7.05 Å². The van der Waals surface area contributed by atoms with Crippen LogP contribution in [0.1, 0.15) is 13.3 Å². The van der Waals surface area contributed by atoms with Crippen LogP contribution in [0.4, 0.5) is 5.95 Å². The molecule has 96 valence electrons. The van der Waals surface area contributed by atoms with Crippen molar-refractivity contribution in [1.29, 1.82) is 0 Å². The van der Waals surface area contributed by atoms with Gasteiger partial charge in [0.05, 0.1) is 10.7 Å². The molecule has 0 saturated heterocycles. The number of para-hydroxylation sites is 1. The molecule has 18 heavy (non-hydrogen) atoms. The van der Waals surface area contributed by atoms with Gasteiger partial charge in [-0.3, -0.25) is 0 Å². The fourth-order valence-corrected chi connectivity index (χ4v) is 1.89. The van der Waals surface area contributed by atoms with Crippen LogP contribution in [0.3, 0.4) is 0 Å². The van der Waals surface area contributed by atoms with E-state index in [1.54, 1.807) is 19.2 Å². The molecule has 0 bridgehead atoms. The molecule has 1 aromatic heterocycles. The molecule has 0 fully saturated rings. The van der Waals surface area contributed by atoms with Crippen molar-refractivity contribution in [3.8, 4) is 5.69 Å². The summed E-state index contributed by atoms with van der Waals surface area (Å²) in [6, 6.07) is 7.21. The van der Waals surface area contributed by atoms with Crippen molar-refractivity contribution < 1.29 is 0 Å². The molecule has 0 aliphatic heterocycles. The summed E-state index contributed by atoms with van der Waals surface area (Å²) in [5, 5.41) is 7.81. The lowest BCUT2D eigenvalue weighted by Gasteiger charge is -2.08. The minimum atomic E-state index is -0.221. The second-order valence-electron chi connectivity index (χ2n) is 3.94. The monoisotopic (exact) mass is 266 g/mol. The average molecular weight is 267 g/mol. The van der Waals surface area contributed by atoms with E-state index in [0.717, 1.165) is 13.0 Å². The van der Waals surface area contributed by atoms with E-state index in [9.17, 15) is 4.79 Å². The summed E-state index contributed by atoms with van der Waals surface area (Å²) < 4.78 is 2.78. The molecule has 1 heterocycles. The Morgan fingerprint density at radius 1 is 1.39 bits per heavy atom. The Morgan fingerprint density at radius 3 is 2.78 bits per heavy atom. The number of nitrogens with zero attached hydrogens (tertiary/aromatic N) is 3. The second kappa shape index (κ2) is 5.27. The zero-order chi connectivity index (χ0) is 13.1. The van der Waals surface area contributed by atoms with Gasteiger partial charge in [0, 0.05) is 13.6 Å². The number of hydrogen-bond acceptors (Lipinski definition) is 3. The van der Waals surface area contributed by atoms with Gasteiger partial charge >= 0.3 is 5.69 Å². The number of aromatic nitrogens is 3. The number of aryl methyl sites for hydroxylation is 1. The molecule has 2 rings (SSSR count). The predicted octanol–water partition coefficient (Wildman–Crippen LogP) is 2.05. The maximum atomic E-state index is 12.1. The number of anilines is 1. The van der Waals surface area contributed by atoms with Crippen LogP contribution in [-0.4, -0.2) is 20.9 Å². The van der Waals surface area contributed by atoms with E-state index in [1.807, 2.05) is 19.1 Å². The van der Waals surface area contributed by atoms with Gasteiger partial charge in [0.1, 0.15) is 0 Å². The summed E-state index contributed by atoms with van der Waals surface area (Å²) in [6.45, 7) is 2.80. The molecule has 1 N–H and O–H groups in total. The highest BCUT2D eigenvalue weighted by Gasteiger charge is 2.14. The summed E-state index contributed by atoms with van der Waals surface area (Å²) in [7, 11) is 1.62. The number of nitrogens with one attached hydrogen (secondary N) is 1. The van der Waals surface area contributed by atoms with E-state index in [4.69, 9.17) is 11.6 Å². The molecule has 0 unspecified atom stereocenters. The highest BCUT2D eigenvalue weighted by molar-refractivity contribution is 6.32. The molecule has 0 saturated carbocycles. The van der Waals surface area contributed by atoms with Gasteiger partial charge in [-0.15, -0.1) is 5.10 Å². The first-order valence-corrected chi connectivity index (χ1v) is 6.17. The molecule has 1 aromatic carbocycles. The van der Waals surface area contributed by atoms with Crippen LogP contribution in [0, 0.1) is 0 Å². The topological polar surface area (TPSA) is 51.9 Å². The molecule has 2 aromatic rings. The maximum Gasteiger partial charge on any atom is 0.351 e. The number of halogens is 1. The van der Waals surface area contributed by atoms with Gasteiger partial charge in [0.2, 0.25) is 5.95 Å². The van der Waals surface area contributed by atoms with Crippen LogP contribution in [0.5, 0.6) is 0 Å². The number of rotatable bonds is 4. The van der Waals surface area contributed by atoms with Crippen molar-refractivity contribution in [3.63, 3.8) is 0 Å². The molecule has 5 nitrogen and oxygen atoms in total. The molecule has 0 aliphatic carbocycles. The molecular formula is C12H15ClN4O. The first kappa shape index (κ1) is 12.7. The Labute approximate surface area is 110 Å². The summed E-state index contributed by atoms with van der Waals surface area (Å²) >= 11 is 6.12. The minimum Gasteiger partial charge on any atom is -0.354 e. The zero-order valence-electron chi connectivity index (χ0n) is 10.4. The second-order valence-corrected chi connectivity index (χ2v) is 4.35. The van der Waals surface area contributed by atoms with Crippen molar-refractivity contribution in [3.05, 3.63) is 39.8 Å². The molecular weight excluding hydrogens is 252 g/mol. The third-order valence-corrected chi connectivity index (χ3v) is 2.87. The van der Waals surface area contributed by atoms with Crippen LogP contribution in [0.15, 0.2) is 29.1 Å². The van der Waals surface area contributed by atoms with Crippen molar-refractivity contribution in [2.45, 2.75) is 13.3 Å². The van der Waals surface area contributed by atoms with Crippen LogP contribution in [0.2, 0.25) is 5.02 Å². The van der Waals surface area contributed by atoms with Gasteiger partial charge in [0.25, 0.3) is 0 Å². The fourth-order valence-electron chi connectivity index (χ4n) is 1.67. The van der Waals surface area contributed by atoms with Crippen LogP contribution in [0.25, 0.3) is 5.69 Å². The van der Waals surface area contributed by atoms with Crippen molar-refractivity contribution in [2.75, 3.05) is 11.9 Å². The lowest BCUT2D eigenvalue weighted by Crippen LogP contribution is -2.22. The number of benzene rings is 1. The quantitative estimate of drug-likeness (QED) is 0.921. The van der Waals surface area contributed by atoms with E-state index in [0.29, 0.717) is 16.7 Å². The lowest BCUT2D eigenvalue weighted by molar-refractivity contribution is 0.726. The van der Waals surface area contributed by atoms with E-state index in [-0.39, 0.29) is 5.69 Å². The van der Waals surface area contributed by atoms with E-state index >= 15 is 0 Å². The van der Waals surface area contributed by atoms with Gasteiger partial charge in [-0.05, 0) is 18.6 Å². The Bertz CT molecular complexity index is 602. The zero-order valence-corrected chi connectivity index (χ0v) is 11.1. The first-order chi connectivity index (χ1) is 8.65. The normalized spacial score (nSPS) is 10.6. The molecule has 0 radical (unpaired) electrons. The van der Waals surface area contributed by atoms with Gasteiger partial charge in [-0.2, -0.15) is 0 Å². The third kappa shape index (κ3) is 2.26. The maximum absolute atomic E-state index is 12.1. The van der Waals surface area contributed by atoms with E-state index in [2.05, 4.69) is 10.4 Å².